The second kappa shape index (κ2) is 10.1. The fourth-order valence-electron chi connectivity index (χ4n) is 2.51. The summed E-state index contributed by atoms with van der Waals surface area (Å²) < 4.78 is 5.51. The van der Waals surface area contributed by atoms with Crippen LogP contribution in [0.2, 0.25) is 0 Å². The molecule has 0 unspecified atom stereocenters. The normalized spacial score (nSPS) is 14.6. The fourth-order valence-corrected chi connectivity index (χ4v) is 2.51. The van der Waals surface area contributed by atoms with Crippen LogP contribution in [0.5, 0.6) is 5.75 Å². The van der Waals surface area contributed by atoms with Crippen molar-refractivity contribution in [3.63, 3.8) is 0 Å². The number of benzene rings is 1. The molecule has 2 amide bonds. The summed E-state index contributed by atoms with van der Waals surface area (Å²) in [6, 6.07) is 7.21. The molecule has 0 bridgehead atoms. The van der Waals surface area contributed by atoms with E-state index in [2.05, 4.69) is 10.6 Å². The van der Waals surface area contributed by atoms with Gasteiger partial charge in [-0.3, -0.25) is 9.59 Å². The van der Waals surface area contributed by atoms with Crippen LogP contribution in [0.1, 0.15) is 25.7 Å². The van der Waals surface area contributed by atoms with Crippen LogP contribution >= 0.6 is 12.4 Å². The van der Waals surface area contributed by atoms with E-state index < -0.39 is 5.91 Å². The lowest BCUT2D eigenvalue weighted by molar-refractivity contribution is -0.119. The maximum Gasteiger partial charge on any atom is 0.224 e. The number of carbonyl (C=O) groups excluding carboxylic acids is 2. The Morgan fingerprint density at radius 1 is 1.26 bits per heavy atom. The van der Waals surface area contributed by atoms with Crippen LogP contribution in [0.25, 0.3) is 0 Å². The number of nitrogens with one attached hydrogen (secondary N) is 2. The van der Waals surface area contributed by atoms with Gasteiger partial charge in [-0.15, -0.1) is 12.4 Å². The van der Waals surface area contributed by atoms with Gasteiger partial charge in [0, 0.05) is 6.42 Å². The summed E-state index contributed by atoms with van der Waals surface area (Å²) in [5.74, 6) is 0.580. The van der Waals surface area contributed by atoms with Crippen LogP contribution in [0.4, 0.5) is 5.69 Å². The molecule has 128 valence electrons. The Labute approximate surface area is 142 Å². The van der Waals surface area contributed by atoms with Gasteiger partial charge in [0.1, 0.15) is 5.75 Å². The number of halogens is 1. The Bertz CT molecular complexity index is 519. The molecule has 1 aliphatic heterocycles. The van der Waals surface area contributed by atoms with E-state index in [0.29, 0.717) is 23.8 Å². The standard InChI is InChI=1S/C16H23N3O3.ClH/c17-15(20)7-10-22-14-4-2-1-3-13(14)19-16(21)11-12-5-8-18-9-6-12;/h1-4,12,18H,5-11H2,(H2,17,20)(H,19,21);1H. The fraction of sp³-hybridized carbons (Fsp3) is 0.500. The van der Waals surface area contributed by atoms with Gasteiger partial charge in [0.2, 0.25) is 11.8 Å². The first kappa shape index (κ1) is 19.3. The Hall–Kier alpha value is -1.79. The van der Waals surface area contributed by atoms with Crippen molar-refractivity contribution in [3.8, 4) is 5.75 Å². The van der Waals surface area contributed by atoms with Gasteiger partial charge in [0.25, 0.3) is 0 Å². The zero-order valence-corrected chi connectivity index (χ0v) is 13.9. The second-order valence-electron chi connectivity index (χ2n) is 5.51. The Balaban J connectivity index is 0.00000264. The van der Waals surface area contributed by atoms with Gasteiger partial charge in [0.15, 0.2) is 0 Å². The average molecular weight is 342 g/mol. The first-order chi connectivity index (χ1) is 10.6. The van der Waals surface area contributed by atoms with Gasteiger partial charge in [-0.05, 0) is 44.0 Å². The van der Waals surface area contributed by atoms with Crippen molar-refractivity contribution >= 4 is 29.9 Å². The molecule has 1 aliphatic rings. The van der Waals surface area contributed by atoms with Gasteiger partial charge in [0.05, 0.1) is 18.7 Å². The summed E-state index contributed by atoms with van der Waals surface area (Å²) in [5, 5.41) is 6.19. The van der Waals surface area contributed by atoms with Crippen LogP contribution in [-0.2, 0) is 9.59 Å². The van der Waals surface area contributed by atoms with Crippen molar-refractivity contribution in [3.05, 3.63) is 24.3 Å². The minimum Gasteiger partial charge on any atom is -0.491 e. The minimum atomic E-state index is -0.410. The quantitative estimate of drug-likeness (QED) is 0.703. The number of para-hydroxylation sites is 2. The third kappa shape index (κ3) is 6.88. The molecule has 0 saturated carbocycles. The molecule has 0 aromatic heterocycles. The van der Waals surface area contributed by atoms with Crippen LogP contribution in [0.3, 0.4) is 0 Å². The van der Waals surface area contributed by atoms with E-state index in [1.54, 1.807) is 12.1 Å². The van der Waals surface area contributed by atoms with Crippen molar-refractivity contribution in [1.29, 1.82) is 0 Å². The van der Waals surface area contributed by atoms with Gasteiger partial charge < -0.3 is 21.1 Å². The van der Waals surface area contributed by atoms with Crippen molar-refractivity contribution in [2.75, 3.05) is 25.0 Å². The molecule has 1 fully saturated rings. The summed E-state index contributed by atoms with van der Waals surface area (Å²) in [6.07, 6.45) is 2.74. The number of rotatable bonds is 7. The zero-order chi connectivity index (χ0) is 15.8. The lowest BCUT2D eigenvalue weighted by atomic mass is 9.94. The molecular formula is C16H24ClN3O3. The Kier molecular flexibility index (Phi) is 8.43. The topological polar surface area (TPSA) is 93.5 Å². The third-order valence-electron chi connectivity index (χ3n) is 3.70. The minimum absolute atomic E-state index is 0. The molecule has 1 aromatic rings. The second-order valence-corrected chi connectivity index (χ2v) is 5.51. The highest BCUT2D eigenvalue weighted by Crippen LogP contribution is 2.25. The molecule has 1 heterocycles. The number of piperidine rings is 1. The molecule has 6 nitrogen and oxygen atoms in total. The molecular weight excluding hydrogens is 318 g/mol. The van der Waals surface area contributed by atoms with Crippen LogP contribution < -0.4 is 21.1 Å². The number of ether oxygens (including phenoxy) is 1. The number of amides is 2. The maximum atomic E-state index is 12.2. The lowest BCUT2D eigenvalue weighted by Gasteiger charge is -2.22. The smallest absolute Gasteiger partial charge is 0.224 e. The highest BCUT2D eigenvalue weighted by Gasteiger charge is 2.17. The number of primary amides is 1. The van der Waals surface area contributed by atoms with Crippen LogP contribution in [0, 0.1) is 5.92 Å². The average Bonchev–Trinajstić information content (AvgIpc) is 2.49. The van der Waals surface area contributed by atoms with Gasteiger partial charge in [-0.25, -0.2) is 0 Å². The Morgan fingerprint density at radius 3 is 2.65 bits per heavy atom. The Morgan fingerprint density at radius 2 is 1.96 bits per heavy atom. The molecule has 0 aliphatic carbocycles. The summed E-state index contributed by atoms with van der Waals surface area (Å²) in [5.41, 5.74) is 5.72. The van der Waals surface area contributed by atoms with E-state index in [1.807, 2.05) is 12.1 Å². The SMILES string of the molecule is Cl.NC(=O)CCOc1ccccc1NC(=O)CC1CCNCC1. The summed E-state index contributed by atoms with van der Waals surface area (Å²) >= 11 is 0. The number of anilines is 1. The van der Waals surface area contributed by atoms with E-state index in [-0.39, 0.29) is 31.3 Å². The first-order valence-corrected chi connectivity index (χ1v) is 7.66. The molecule has 2 rings (SSSR count). The van der Waals surface area contributed by atoms with E-state index in [9.17, 15) is 9.59 Å². The number of hydrogen-bond donors (Lipinski definition) is 3. The van der Waals surface area contributed by atoms with Gasteiger partial charge in [-0.1, -0.05) is 12.1 Å². The van der Waals surface area contributed by atoms with E-state index in [1.165, 1.54) is 0 Å². The lowest BCUT2D eigenvalue weighted by Crippen LogP contribution is -2.30. The maximum absolute atomic E-state index is 12.2. The summed E-state index contributed by atoms with van der Waals surface area (Å²) in [4.78, 5) is 22.9. The third-order valence-corrected chi connectivity index (χ3v) is 3.70. The van der Waals surface area contributed by atoms with Gasteiger partial charge in [-0.2, -0.15) is 0 Å². The van der Waals surface area contributed by atoms with Crippen molar-refractivity contribution in [2.45, 2.75) is 25.7 Å². The predicted octanol–water partition coefficient (Wildman–Crippen LogP) is 1.69. The molecule has 7 heteroatoms. The van der Waals surface area contributed by atoms with Crippen molar-refractivity contribution < 1.29 is 14.3 Å². The van der Waals surface area contributed by atoms with Gasteiger partial charge >= 0.3 is 0 Å². The monoisotopic (exact) mass is 341 g/mol. The molecule has 23 heavy (non-hydrogen) atoms. The molecule has 0 radical (unpaired) electrons. The van der Waals surface area contributed by atoms with E-state index >= 15 is 0 Å². The van der Waals surface area contributed by atoms with Crippen molar-refractivity contribution in [1.82, 2.24) is 5.32 Å². The van der Waals surface area contributed by atoms with E-state index in [4.69, 9.17) is 10.5 Å². The first-order valence-electron chi connectivity index (χ1n) is 7.66. The van der Waals surface area contributed by atoms with Crippen LogP contribution in [-0.4, -0.2) is 31.5 Å². The molecule has 1 saturated heterocycles. The number of carbonyl (C=O) groups is 2. The largest absolute Gasteiger partial charge is 0.491 e. The number of nitrogens with two attached hydrogens (primary N) is 1. The predicted molar refractivity (Wildman–Crippen MR) is 91.8 cm³/mol. The summed E-state index contributed by atoms with van der Waals surface area (Å²) in [7, 11) is 0. The zero-order valence-electron chi connectivity index (χ0n) is 13.0. The molecule has 4 N–H and O–H groups in total. The molecule has 0 atom stereocenters. The van der Waals surface area contributed by atoms with Crippen molar-refractivity contribution in [2.24, 2.45) is 11.7 Å². The molecule has 0 spiro atoms. The number of hydrogen-bond acceptors (Lipinski definition) is 4. The van der Waals surface area contributed by atoms with E-state index in [0.717, 1.165) is 25.9 Å². The highest BCUT2D eigenvalue weighted by molar-refractivity contribution is 5.92. The molecule has 1 aromatic carbocycles. The van der Waals surface area contributed by atoms with Crippen LogP contribution in [0.15, 0.2) is 24.3 Å². The highest BCUT2D eigenvalue weighted by atomic mass is 35.5. The summed E-state index contributed by atoms with van der Waals surface area (Å²) in [6.45, 7) is 2.16.